The van der Waals surface area contributed by atoms with Crippen LogP contribution in [0.4, 0.5) is 10.2 Å². The topological polar surface area (TPSA) is 50.7 Å². The zero-order chi connectivity index (χ0) is 15.5. The summed E-state index contributed by atoms with van der Waals surface area (Å²) in [5.74, 6) is 0.182. The predicted molar refractivity (Wildman–Crippen MR) is 85.7 cm³/mol. The molecular formula is C16H14ClFN4. The lowest BCUT2D eigenvalue weighted by atomic mass is 10.1. The first-order valence-corrected chi connectivity index (χ1v) is 7.26. The number of nitrogens with zero attached hydrogens (tertiary/aromatic N) is 3. The molecule has 3 aromatic rings. The van der Waals surface area contributed by atoms with Gasteiger partial charge < -0.3 is 5.32 Å². The lowest BCUT2D eigenvalue weighted by Crippen LogP contribution is -2.07. The van der Waals surface area contributed by atoms with Crippen LogP contribution in [0.15, 0.2) is 36.8 Å². The normalized spacial score (nSPS) is 10.9. The molecule has 0 bridgehead atoms. The number of aromatic nitrogens is 3. The summed E-state index contributed by atoms with van der Waals surface area (Å²) in [6, 6.07) is 7.34. The maximum absolute atomic E-state index is 13.3. The van der Waals surface area contributed by atoms with Crippen LogP contribution in [0, 0.1) is 12.7 Å². The summed E-state index contributed by atoms with van der Waals surface area (Å²) in [6.45, 7) is 2.65. The number of pyridine rings is 1. The molecule has 2 heterocycles. The average Bonchev–Trinajstić information content (AvgIpc) is 2.51. The van der Waals surface area contributed by atoms with E-state index < -0.39 is 5.82 Å². The number of hydrogen-bond donors (Lipinski definition) is 1. The third-order valence-electron chi connectivity index (χ3n) is 3.38. The smallest absolute Gasteiger partial charge is 0.164 e. The van der Waals surface area contributed by atoms with E-state index in [1.807, 2.05) is 19.1 Å². The minimum atomic E-state index is -0.404. The molecule has 0 radical (unpaired) electrons. The molecule has 6 heteroatoms. The maximum atomic E-state index is 13.3. The zero-order valence-electron chi connectivity index (χ0n) is 12.0. The van der Waals surface area contributed by atoms with Crippen molar-refractivity contribution in [2.75, 3.05) is 11.9 Å². The van der Waals surface area contributed by atoms with Crippen molar-refractivity contribution in [3.8, 4) is 0 Å². The van der Waals surface area contributed by atoms with Crippen LogP contribution in [0.2, 0.25) is 5.02 Å². The fourth-order valence-electron chi connectivity index (χ4n) is 2.25. The first-order valence-electron chi connectivity index (χ1n) is 6.88. The predicted octanol–water partition coefficient (Wildman–Crippen LogP) is 3.78. The fourth-order valence-corrected chi connectivity index (χ4v) is 2.37. The van der Waals surface area contributed by atoms with Crippen molar-refractivity contribution in [3.63, 3.8) is 0 Å². The number of nitrogens with one attached hydrogen (secondary N) is 1. The van der Waals surface area contributed by atoms with E-state index in [0.717, 1.165) is 23.2 Å². The molecule has 0 aliphatic rings. The van der Waals surface area contributed by atoms with Crippen molar-refractivity contribution < 1.29 is 4.39 Å². The highest BCUT2D eigenvalue weighted by Crippen LogP contribution is 2.19. The summed E-state index contributed by atoms with van der Waals surface area (Å²) in [4.78, 5) is 12.1. The van der Waals surface area contributed by atoms with Gasteiger partial charge in [-0.15, -0.1) is 0 Å². The molecule has 0 amide bonds. The van der Waals surface area contributed by atoms with Gasteiger partial charge in [-0.25, -0.2) is 19.3 Å². The van der Waals surface area contributed by atoms with E-state index in [4.69, 9.17) is 11.6 Å². The standard InChI is InChI=1S/C16H14ClFN4/c1-10-6-11(2-3-14(10)17)4-5-19-15-13-7-12(18)8-20-16(13)22-9-21-15/h2-3,6-9H,4-5H2,1H3,(H,19,20,21,22). The molecule has 1 N–H and O–H groups in total. The number of anilines is 1. The molecule has 0 saturated carbocycles. The van der Waals surface area contributed by atoms with E-state index in [2.05, 4.69) is 26.3 Å². The Kier molecular flexibility index (Phi) is 4.15. The lowest BCUT2D eigenvalue weighted by molar-refractivity contribution is 0.624. The van der Waals surface area contributed by atoms with Crippen LogP contribution in [0.25, 0.3) is 11.0 Å². The number of aryl methyl sites for hydroxylation is 1. The van der Waals surface area contributed by atoms with Gasteiger partial charge in [-0.1, -0.05) is 23.7 Å². The van der Waals surface area contributed by atoms with Gasteiger partial charge in [0.2, 0.25) is 0 Å². The molecule has 0 aliphatic heterocycles. The quantitative estimate of drug-likeness (QED) is 0.796. The summed E-state index contributed by atoms with van der Waals surface area (Å²) >= 11 is 6.02. The molecule has 0 saturated heterocycles. The summed E-state index contributed by atoms with van der Waals surface area (Å²) in [5.41, 5.74) is 2.70. The van der Waals surface area contributed by atoms with Crippen LogP contribution < -0.4 is 5.32 Å². The Morgan fingerprint density at radius 2 is 2.05 bits per heavy atom. The van der Waals surface area contributed by atoms with E-state index in [1.54, 1.807) is 0 Å². The molecular weight excluding hydrogens is 303 g/mol. The van der Waals surface area contributed by atoms with Gasteiger partial charge in [0, 0.05) is 11.6 Å². The number of hydrogen-bond acceptors (Lipinski definition) is 4. The van der Waals surface area contributed by atoms with Gasteiger partial charge in [0.05, 0.1) is 11.6 Å². The van der Waals surface area contributed by atoms with Crippen LogP contribution in [0.1, 0.15) is 11.1 Å². The first kappa shape index (κ1) is 14.7. The Labute approximate surface area is 132 Å². The second kappa shape index (κ2) is 6.23. The van der Waals surface area contributed by atoms with E-state index >= 15 is 0 Å². The van der Waals surface area contributed by atoms with Gasteiger partial charge in [-0.2, -0.15) is 0 Å². The SMILES string of the molecule is Cc1cc(CCNc2ncnc3ncc(F)cc23)ccc1Cl. The highest BCUT2D eigenvalue weighted by Gasteiger charge is 2.06. The molecule has 0 spiro atoms. The molecule has 3 rings (SSSR count). The van der Waals surface area contributed by atoms with Crippen molar-refractivity contribution in [2.24, 2.45) is 0 Å². The zero-order valence-corrected chi connectivity index (χ0v) is 12.7. The van der Waals surface area contributed by atoms with Gasteiger partial charge in [-0.3, -0.25) is 0 Å². The van der Waals surface area contributed by atoms with Gasteiger partial charge in [0.15, 0.2) is 5.65 Å². The monoisotopic (exact) mass is 316 g/mol. The molecule has 0 fully saturated rings. The van der Waals surface area contributed by atoms with Crippen molar-refractivity contribution in [1.29, 1.82) is 0 Å². The molecule has 22 heavy (non-hydrogen) atoms. The Hall–Kier alpha value is -2.27. The Morgan fingerprint density at radius 3 is 2.86 bits per heavy atom. The first-order chi connectivity index (χ1) is 10.6. The molecule has 4 nitrogen and oxygen atoms in total. The average molecular weight is 317 g/mol. The lowest BCUT2D eigenvalue weighted by Gasteiger charge is -2.08. The number of fused-ring (bicyclic) bond motifs is 1. The number of halogens is 2. The Balaban J connectivity index is 1.74. The van der Waals surface area contributed by atoms with Crippen LogP contribution in [-0.4, -0.2) is 21.5 Å². The molecule has 0 unspecified atom stereocenters. The van der Waals surface area contributed by atoms with Gasteiger partial charge in [0.1, 0.15) is 18.0 Å². The summed E-state index contributed by atoms with van der Waals surface area (Å²) in [6.07, 6.45) is 3.38. The summed E-state index contributed by atoms with van der Waals surface area (Å²) in [5, 5.41) is 4.55. The van der Waals surface area contributed by atoms with Crippen LogP contribution in [0.3, 0.4) is 0 Å². The van der Waals surface area contributed by atoms with E-state index in [0.29, 0.717) is 23.4 Å². The third-order valence-corrected chi connectivity index (χ3v) is 3.81. The number of benzene rings is 1. The van der Waals surface area contributed by atoms with Gasteiger partial charge in [-0.05, 0) is 36.6 Å². The highest BCUT2D eigenvalue weighted by atomic mass is 35.5. The van der Waals surface area contributed by atoms with Crippen molar-refractivity contribution in [1.82, 2.24) is 15.0 Å². The second-order valence-electron chi connectivity index (χ2n) is 5.01. The van der Waals surface area contributed by atoms with E-state index in [9.17, 15) is 4.39 Å². The third kappa shape index (κ3) is 3.14. The summed E-state index contributed by atoms with van der Waals surface area (Å²) in [7, 11) is 0. The fraction of sp³-hybridized carbons (Fsp3) is 0.188. The van der Waals surface area contributed by atoms with Crippen LogP contribution >= 0.6 is 11.6 Å². The largest absolute Gasteiger partial charge is 0.369 e. The minimum Gasteiger partial charge on any atom is -0.369 e. The molecule has 0 atom stereocenters. The molecule has 1 aromatic carbocycles. The molecule has 112 valence electrons. The maximum Gasteiger partial charge on any atom is 0.164 e. The number of rotatable bonds is 4. The minimum absolute atomic E-state index is 0.404. The molecule has 2 aromatic heterocycles. The van der Waals surface area contributed by atoms with Crippen LogP contribution in [-0.2, 0) is 6.42 Å². The van der Waals surface area contributed by atoms with Gasteiger partial charge in [0.25, 0.3) is 0 Å². The van der Waals surface area contributed by atoms with Crippen molar-refractivity contribution in [2.45, 2.75) is 13.3 Å². The van der Waals surface area contributed by atoms with E-state index in [1.165, 1.54) is 18.0 Å². The Morgan fingerprint density at radius 1 is 1.18 bits per heavy atom. The van der Waals surface area contributed by atoms with Gasteiger partial charge >= 0.3 is 0 Å². The summed E-state index contributed by atoms with van der Waals surface area (Å²) < 4.78 is 13.3. The van der Waals surface area contributed by atoms with Crippen molar-refractivity contribution in [3.05, 3.63) is 58.8 Å². The van der Waals surface area contributed by atoms with Crippen molar-refractivity contribution >= 4 is 28.5 Å². The molecule has 0 aliphatic carbocycles. The highest BCUT2D eigenvalue weighted by molar-refractivity contribution is 6.31. The van der Waals surface area contributed by atoms with E-state index in [-0.39, 0.29) is 0 Å². The second-order valence-corrected chi connectivity index (χ2v) is 5.41. The van der Waals surface area contributed by atoms with Crippen LogP contribution in [0.5, 0.6) is 0 Å². The Bertz CT molecular complexity index is 822.